The van der Waals surface area contributed by atoms with Crippen LogP contribution >= 0.6 is 11.3 Å². The van der Waals surface area contributed by atoms with Crippen LogP contribution in [0.4, 0.5) is 10.7 Å². The van der Waals surface area contributed by atoms with Crippen LogP contribution in [0.1, 0.15) is 16.6 Å². The summed E-state index contributed by atoms with van der Waals surface area (Å²) in [7, 11) is 0. The van der Waals surface area contributed by atoms with Gasteiger partial charge in [-0.2, -0.15) is 0 Å². The Morgan fingerprint density at radius 3 is 2.86 bits per heavy atom. The molecule has 3 rings (SSSR count). The van der Waals surface area contributed by atoms with Gasteiger partial charge in [0, 0.05) is 6.07 Å². The van der Waals surface area contributed by atoms with Crippen LogP contribution in [0.25, 0.3) is 0 Å². The molecule has 0 fully saturated rings. The number of ether oxygens (including phenoxy) is 1. The first-order chi connectivity index (χ1) is 10.1. The Balaban J connectivity index is 1.98. The van der Waals surface area contributed by atoms with Crippen LogP contribution in [0.15, 0.2) is 36.4 Å². The Hall–Kier alpha value is -2.41. The topological polar surface area (TPSA) is 72.7 Å². The van der Waals surface area contributed by atoms with E-state index in [0.29, 0.717) is 22.9 Å². The maximum absolute atomic E-state index is 12.7. The molecule has 0 N–H and O–H groups in total. The first-order valence-corrected chi connectivity index (χ1v) is 7.19. The number of amides is 1. The first kappa shape index (κ1) is 13.6. The number of fused-ring (bicyclic) bond motifs is 1. The van der Waals surface area contributed by atoms with E-state index in [4.69, 9.17) is 4.74 Å². The lowest BCUT2D eigenvalue weighted by Gasteiger charge is -2.34. The minimum atomic E-state index is -0.488. The van der Waals surface area contributed by atoms with Crippen molar-refractivity contribution in [3.8, 4) is 5.75 Å². The average Bonchev–Trinajstić information content (AvgIpc) is 2.96. The Morgan fingerprint density at radius 2 is 2.14 bits per heavy atom. The number of para-hydroxylation sites is 2. The standard InChI is InChI=1S/C14H12N2O4S/c1-9-8-20-11-5-3-2-4-10(11)15(9)14(17)12-6-7-13(21-12)16(18)19/h2-7,9H,8H2,1H3/t9-/m1/s1. The minimum absolute atomic E-state index is 0.0347. The van der Waals surface area contributed by atoms with Crippen LogP contribution in [-0.2, 0) is 0 Å². The normalized spacial score (nSPS) is 17.0. The number of hydrogen-bond acceptors (Lipinski definition) is 5. The van der Waals surface area contributed by atoms with Crippen molar-refractivity contribution in [2.45, 2.75) is 13.0 Å². The molecule has 1 aromatic heterocycles. The van der Waals surface area contributed by atoms with E-state index in [-0.39, 0.29) is 17.0 Å². The fourth-order valence-electron chi connectivity index (χ4n) is 2.27. The van der Waals surface area contributed by atoms with Gasteiger partial charge in [0.1, 0.15) is 12.4 Å². The molecule has 2 heterocycles. The fourth-order valence-corrected chi connectivity index (χ4v) is 3.03. The first-order valence-electron chi connectivity index (χ1n) is 6.37. The predicted molar refractivity (Wildman–Crippen MR) is 79.2 cm³/mol. The van der Waals surface area contributed by atoms with Gasteiger partial charge in [0.25, 0.3) is 5.91 Å². The summed E-state index contributed by atoms with van der Waals surface area (Å²) in [6.07, 6.45) is 0. The van der Waals surface area contributed by atoms with E-state index in [9.17, 15) is 14.9 Å². The zero-order valence-electron chi connectivity index (χ0n) is 11.2. The summed E-state index contributed by atoms with van der Waals surface area (Å²) in [5.41, 5.74) is 0.692. The molecular formula is C14H12N2O4S. The minimum Gasteiger partial charge on any atom is -0.489 e. The second-order valence-corrected chi connectivity index (χ2v) is 5.76. The molecule has 0 aliphatic carbocycles. The third-order valence-corrected chi connectivity index (χ3v) is 4.27. The molecule has 108 valence electrons. The van der Waals surface area contributed by atoms with Gasteiger partial charge in [0.05, 0.1) is 21.5 Å². The van der Waals surface area contributed by atoms with Crippen LogP contribution in [0.2, 0.25) is 0 Å². The summed E-state index contributed by atoms with van der Waals surface area (Å²) >= 11 is 0.888. The smallest absolute Gasteiger partial charge is 0.324 e. The van der Waals surface area contributed by atoms with E-state index in [1.165, 1.54) is 12.1 Å². The number of benzene rings is 1. The SMILES string of the molecule is C[C@@H]1COc2ccccc2N1C(=O)c1ccc([N+](=O)[O-])s1. The van der Waals surface area contributed by atoms with Crippen molar-refractivity contribution in [1.29, 1.82) is 0 Å². The molecule has 21 heavy (non-hydrogen) atoms. The summed E-state index contributed by atoms with van der Waals surface area (Å²) < 4.78 is 5.60. The van der Waals surface area contributed by atoms with Gasteiger partial charge in [0.2, 0.25) is 0 Å². The van der Waals surface area contributed by atoms with Crippen LogP contribution in [-0.4, -0.2) is 23.5 Å². The van der Waals surface area contributed by atoms with Gasteiger partial charge in [-0.15, -0.1) is 0 Å². The van der Waals surface area contributed by atoms with Gasteiger partial charge < -0.3 is 4.74 Å². The van der Waals surface area contributed by atoms with Crippen molar-refractivity contribution in [3.05, 3.63) is 51.4 Å². The van der Waals surface area contributed by atoms with Crippen molar-refractivity contribution in [2.24, 2.45) is 0 Å². The molecule has 2 aromatic rings. The molecule has 0 saturated heterocycles. The molecule has 0 unspecified atom stereocenters. The molecular weight excluding hydrogens is 292 g/mol. The zero-order chi connectivity index (χ0) is 15.0. The van der Waals surface area contributed by atoms with E-state index >= 15 is 0 Å². The van der Waals surface area contributed by atoms with Gasteiger partial charge in [-0.05, 0) is 25.1 Å². The van der Waals surface area contributed by atoms with Crippen LogP contribution in [0, 0.1) is 10.1 Å². The second-order valence-electron chi connectivity index (χ2n) is 4.70. The highest BCUT2D eigenvalue weighted by molar-refractivity contribution is 7.17. The molecule has 1 aliphatic heterocycles. The van der Waals surface area contributed by atoms with Crippen molar-refractivity contribution in [3.63, 3.8) is 0 Å². The van der Waals surface area contributed by atoms with E-state index in [1.54, 1.807) is 11.0 Å². The number of thiophene rings is 1. The summed E-state index contributed by atoms with van der Waals surface area (Å²) in [4.78, 5) is 24.9. The van der Waals surface area contributed by atoms with Gasteiger partial charge in [-0.3, -0.25) is 19.8 Å². The Labute approximate surface area is 124 Å². The van der Waals surface area contributed by atoms with Crippen molar-refractivity contribution >= 4 is 27.9 Å². The summed E-state index contributed by atoms with van der Waals surface area (Å²) in [6.45, 7) is 2.28. The largest absolute Gasteiger partial charge is 0.489 e. The summed E-state index contributed by atoms with van der Waals surface area (Å²) in [6, 6.07) is 10.0. The quantitative estimate of drug-likeness (QED) is 0.631. The second kappa shape index (κ2) is 5.17. The Kier molecular flexibility index (Phi) is 3.34. The summed E-state index contributed by atoms with van der Waals surface area (Å²) in [5.74, 6) is 0.409. The number of anilines is 1. The van der Waals surface area contributed by atoms with Gasteiger partial charge >= 0.3 is 5.00 Å². The lowest BCUT2D eigenvalue weighted by Crippen LogP contribution is -2.44. The average molecular weight is 304 g/mol. The predicted octanol–water partition coefficient (Wildman–Crippen LogP) is 3.08. The third kappa shape index (κ3) is 2.36. The lowest BCUT2D eigenvalue weighted by atomic mass is 10.1. The van der Waals surface area contributed by atoms with E-state index in [1.807, 2.05) is 25.1 Å². The molecule has 1 aliphatic rings. The number of rotatable bonds is 2. The number of nitro groups is 1. The molecule has 6 nitrogen and oxygen atoms in total. The highest BCUT2D eigenvalue weighted by Crippen LogP contribution is 2.36. The third-order valence-electron chi connectivity index (χ3n) is 3.25. The number of hydrogen-bond donors (Lipinski definition) is 0. The van der Waals surface area contributed by atoms with Crippen LogP contribution in [0.5, 0.6) is 5.75 Å². The van der Waals surface area contributed by atoms with Crippen molar-refractivity contribution in [1.82, 2.24) is 0 Å². The van der Waals surface area contributed by atoms with E-state index < -0.39 is 4.92 Å². The number of carbonyl (C=O) groups excluding carboxylic acids is 1. The van der Waals surface area contributed by atoms with Gasteiger partial charge in [-0.1, -0.05) is 23.5 Å². The highest BCUT2D eigenvalue weighted by Gasteiger charge is 2.31. The van der Waals surface area contributed by atoms with Gasteiger partial charge in [-0.25, -0.2) is 0 Å². The molecule has 0 bridgehead atoms. The Morgan fingerprint density at radius 1 is 1.38 bits per heavy atom. The molecule has 0 radical (unpaired) electrons. The molecule has 0 saturated carbocycles. The molecule has 7 heteroatoms. The van der Waals surface area contributed by atoms with Crippen LogP contribution < -0.4 is 9.64 Å². The lowest BCUT2D eigenvalue weighted by molar-refractivity contribution is -0.380. The maximum Gasteiger partial charge on any atom is 0.324 e. The van der Waals surface area contributed by atoms with Crippen LogP contribution in [0.3, 0.4) is 0 Å². The molecule has 1 amide bonds. The molecule has 0 spiro atoms. The fraction of sp³-hybridized carbons (Fsp3) is 0.214. The highest BCUT2D eigenvalue weighted by atomic mass is 32.1. The number of carbonyl (C=O) groups is 1. The Bertz CT molecular complexity index is 713. The maximum atomic E-state index is 12.7. The zero-order valence-corrected chi connectivity index (χ0v) is 12.0. The molecule has 1 aromatic carbocycles. The van der Waals surface area contributed by atoms with E-state index in [0.717, 1.165) is 11.3 Å². The molecule has 1 atom stereocenters. The van der Waals surface area contributed by atoms with E-state index in [2.05, 4.69) is 0 Å². The van der Waals surface area contributed by atoms with Crippen molar-refractivity contribution in [2.75, 3.05) is 11.5 Å². The monoisotopic (exact) mass is 304 g/mol. The summed E-state index contributed by atoms with van der Waals surface area (Å²) in [5, 5.41) is 10.7. The number of nitrogens with zero attached hydrogens (tertiary/aromatic N) is 2. The van der Waals surface area contributed by atoms with Gasteiger partial charge in [0.15, 0.2) is 0 Å². The van der Waals surface area contributed by atoms with Crippen molar-refractivity contribution < 1.29 is 14.5 Å².